The number of hydrogen-bond acceptors (Lipinski definition) is 2. The third-order valence-corrected chi connectivity index (χ3v) is 5.55. The molecule has 0 saturated heterocycles. The molecule has 1 heterocycles. The molecular formula is C23H20ClN3OS. The highest BCUT2D eigenvalue weighted by molar-refractivity contribution is 7.80. The van der Waals surface area contributed by atoms with Gasteiger partial charge in [0.1, 0.15) is 0 Å². The van der Waals surface area contributed by atoms with Gasteiger partial charge in [-0.25, -0.2) is 0 Å². The Morgan fingerprint density at radius 1 is 1.07 bits per heavy atom. The number of rotatable bonds is 3. The number of carbonyl (C=O) groups is 1. The van der Waals surface area contributed by atoms with Gasteiger partial charge in [-0.15, -0.1) is 0 Å². The quantitative estimate of drug-likeness (QED) is 0.506. The number of thiocarbonyl (C=S) groups is 1. The van der Waals surface area contributed by atoms with Crippen LogP contribution in [0.1, 0.15) is 24.1 Å². The van der Waals surface area contributed by atoms with Crippen molar-refractivity contribution in [2.24, 2.45) is 0 Å². The fraction of sp³-hybridized carbons (Fsp3) is 0.130. The highest BCUT2D eigenvalue weighted by Gasteiger charge is 2.31. The van der Waals surface area contributed by atoms with E-state index >= 15 is 0 Å². The van der Waals surface area contributed by atoms with E-state index in [1.54, 1.807) is 12.1 Å². The zero-order chi connectivity index (χ0) is 20.5. The SMILES string of the molecule is CC1=C(C(=O)Nc2cc(Cl)ccc2C)[C@@H](c2cccc3ccccc23)NC(=S)N1. The first-order chi connectivity index (χ1) is 13.9. The van der Waals surface area contributed by atoms with Crippen LogP contribution in [-0.2, 0) is 4.79 Å². The number of allylic oxidation sites excluding steroid dienone is 1. The molecule has 0 aromatic heterocycles. The molecule has 3 aromatic rings. The van der Waals surface area contributed by atoms with E-state index in [2.05, 4.69) is 34.1 Å². The van der Waals surface area contributed by atoms with Gasteiger partial charge in [-0.3, -0.25) is 4.79 Å². The number of anilines is 1. The second-order valence-electron chi connectivity index (χ2n) is 7.05. The van der Waals surface area contributed by atoms with Crippen LogP contribution >= 0.6 is 23.8 Å². The van der Waals surface area contributed by atoms with Crippen LogP contribution in [-0.4, -0.2) is 11.0 Å². The third-order valence-electron chi connectivity index (χ3n) is 5.10. The molecule has 1 aliphatic heterocycles. The minimum Gasteiger partial charge on any atom is -0.351 e. The molecule has 0 radical (unpaired) electrons. The molecule has 1 aliphatic rings. The largest absolute Gasteiger partial charge is 0.351 e. The average Bonchev–Trinajstić information content (AvgIpc) is 2.69. The Kier molecular flexibility index (Phi) is 5.26. The van der Waals surface area contributed by atoms with Crippen LogP contribution in [0.4, 0.5) is 5.69 Å². The standard InChI is InChI=1S/C23H20ClN3OS/c1-13-10-11-16(24)12-19(13)26-22(28)20-14(2)25-23(29)27-21(20)18-9-5-7-15-6-3-4-8-17(15)18/h3-12,21H,1-2H3,(H,26,28)(H2,25,27,29)/t21-/m1/s1. The molecule has 0 saturated carbocycles. The molecule has 4 nitrogen and oxygen atoms in total. The molecular weight excluding hydrogens is 402 g/mol. The number of hydrogen-bond donors (Lipinski definition) is 3. The van der Waals surface area contributed by atoms with Crippen LogP contribution < -0.4 is 16.0 Å². The Morgan fingerprint density at radius 3 is 2.66 bits per heavy atom. The van der Waals surface area contributed by atoms with E-state index in [0.717, 1.165) is 27.6 Å². The molecule has 0 bridgehead atoms. The van der Waals surface area contributed by atoms with Crippen molar-refractivity contribution in [3.63, 3.8) is 0 Å². The molecule has 0 fully saturated rings. The van der Waals surface area contributed by atoms with Gasteiger partial charge in [-0.2, -0.15) is 0 Å². The second-order valence-corrected chi connectivity index (χ2v) is 7.90. The molecule has 1 amide bonds. The van der Waals surface area contributed by atoms with Crippen LogP contribution in [0.15, 0.2) is 71.9 Å². The summed E-state index contributed by atoms with van der Waals surface area (Å²) in [5, 5.41) is 12.6. The molecule has 29 heavy (non-hydrogen) atoms. The van der Waals surface area contributed by atoms with Gasteiger partial charge in [-0.05, 0) is 60.1 Å². The van der Waals surface area contributed by atoms with Crippen LogP contribution in [0.25, 0.3) is 10.8 Å². The van der Waals surface area contributed by atoms with Crippen LogP contribution in [0.3, 0.4) is 0 Å². The van der Waals surface area contributed by atoms with Crippen molar-refractivity contribution < 1.29 is 4.79 Å². The first-order valence-electron chi connectivity index (χ1n) is 9.27. The number of fused-ring (bicyclic) bond motifs is 1. The number of aryl methyl sites for hydroxylation is 1. The van der Waals surface area contributed by atoms with Gasteiger partial charge in [0.2, 0.25) is 0 Å². The normalized spacial score (nSPS) is 16.4. The maximum Gasteiger partial charge on any atom is 0.255 e. The maximum absolute atomic E-state index is 13.3. The van der Waals surface area contributed by atoms with Gasteiger partial charge in [0.15, 0.2) is 5.11 Å². The van der Waals surface area contributed by atoms with Crippen LogP contribution in [0, 0.1) is 6.92 Å². The predicted octanol–water partition coefficient (Wildman–Crippen LogP) is 5.23. The molecule has 146 valence electrons. The topological polar surface area (TPSA) is 53.2 Å². The minimum absolute atomic E-state index is 0.201. The van der Waals surface area contributed by atoms with E-state index < -0.39 is 0 Å². The monoisotopic (exact) mass is 421 g/mol. The summed E-state index contributed by atoms with van der Waals surface area (Å²) >= 11 is 11.5. The van der Waals surface area contributed by atoms with Gasteiger partial charge in [0.05, 0.1) is 11.6 Å². The lowest BCUT2D eigenvalue weighted by Gasteiger charge is -2.31. The fourth-order valence-corrected chi connectivity index (χ4v) is 4.09. The first-order valence-corrected chi connectivity index (χ1v) is 10.1. The number of carbonyl (C=O) groups excluding carboxylic acids is 1. The molecule has 0 spiro atoms. The molecule has 3 N–H and O–H groups in total. The lowest BCUT2D eigenvalue weighted by molar-refractivity contribution is -0.113. The molecule has 6 heteroatoms. The van der Waals surface area contributed by atoms with E-state index in [0.29, 0.717) is 21.4 Å². The van der Waals surface area contributed by atoms with Gasteiger partial charge in [-0.1, -0.05) is 60.1 Å². The van der Waals surface area contributed by atoms with Crippen LogP contribution in [0.5, 0.6) is 0 Å². The van der Waals surface area contributed by atoms with E-state index in [4.69, 9.17) is 23.8 Å². The van der Waals surface area contributed by atoms with Crippen molar-refractivity contribution in [1.29, 1.82) is 0 Å². The first kappa shape index (κ1) is 19.4. The average molecular weight is 422 g/mol. The predicted molar refractivity (Wildman–Crippen MR) is 123 cm³/mol. The van der Waals surface area contributed by atoms with Crippen molar-refractivity contribution in [2.45, 2.75) is 19.9 Å². The zero-order valence-electron chi connectivity index (χ0n) is 16.0. The molecule has 3 aromatic carbocycles. The second kappa shape index (κ2) is 7.85. The number of halogens is 1. The molecule has 1 atom stereocenters. The summed E-state index contributed by atoms with van der Waals surface area (Å²) in [6, 6.07) is 19.3. The van der Waals surface area contributed by atoms with Gasteiger partial charge in [0.25, 0.3) is 5.91 Å². The van der Waals surface area contributed by atoms with Crippen molar-refractivity contribution in [3.05, 3.63) is 88.1 Å². The lowest BCUT2D eigenvalue weighted by Crippen LogP contribution is -2.45. The van der Waals surface area contributed by atoms with Gasteiger partial charge < -0.3 is 16.0 Å². The summed E-state index contributed by atoms with van der Waals surface area (Å²) in [6.07, 6.45) is 0. The summed E-state index contributed by atoms with van der Waals surface area (Å²) in [4.78, 5) is 13.3. The smallest absolute Gasteiger partial charge is 0.255 e. The van der Waals surface area contributed by atoms with Crippen molar-refractivity contribution in [3.8, 4) is 0 Å². The Hall–Kier alpha value is -2.89. The van der Waals surface area contributed by atoms with E-state index in [-0.39, 0.29) is 11.9 Å². The Bertz CT molecular complexity index is 1170. The van der Waals surface area contributed by atoms with Gasteiger partial charge in [0, 0.05) is 16.4 Å². The van der Waals surface area contributed by atoms with Crippen molar-refractivity contribution >= 4 is 51.3 Å². The summed E-state index contributed by atoms with van der Waals surface area (Å²) in [6.45, 7) is 3.80. The van der Waals surface area contributed by atoms with Crippen molar-refractivity contribution in [1.82, 2.24) is 10.6 Å². The van der Waals surface area contributed by atoms with E-state index in [9.17, 15) is 4.79 Å². The Balaban J connectivity index is 1.78. The molecule has 0 aliphatic carbocycles. The highest BCUT2D eigenvalue weighted by Crippen LogP contribution is 2.33. The summed E-state index contributed by atoms with van der Waals surface area (Å²) in [5.41, 5.74) is 3.94. The zero-order valence-corrected chi connectivity index (χ0v) is 17.6. The summed E-state index contributed by atoms with van der Waals surface area (Å²) < 4.78 is 0. The number of nitrogens with one attached hydrogen (secondary N) is 3. The molecule has 0 unspecified atom stereocenters. The Morgan fingerprint density at radius 2 is 1.83 bits per heavy atom. The number of amides is 1. The van der Waals surface area contributed by atoms with Crippen LogP contribution in [0.2, 0.25) is 5.02 Å². The Labute approximate surface area is 180 Å². The van der Waals surface area contributed by atoms with Gasteiger partial charge >= 0.3 is 0 Å². The number of benzene rings is 3. The highest BCUT2D eigenvalue weighted by atomic mass is 35.5. The molecule has 4 rings (SSSR count). The van der Waals surface area contributed by atoms with E-state index in [1.807, 2.05) is 44.2 Å². The fourth-order valence-electron chi connectivity index (χ4n) is 3.65. The minimum atomic E-state index is -0.366. The lowest BCUT2D eigenvalue weighted by atomic mass is 9.91. The summed E-state index contributed by atoms with van der Waals surface area (Å²) in [5.74, 6) is -0.201. The summed E-state index contributed by atoms with van der Waals surface area (Å²) in [7, 11) is 0. The van der Waals surface area contributed by atoms with Crippen molar-refractivity contribution in [2.75, 3.05) is 5.32 Å². The maximum atomic E-state index is 13.3. The van der Waals surface area contributed by atoms with E-state index in [1.165, 1.54) is 0 Å². The third kappa shape index (κ3) is 3.84.